The minimum Gasteiger partial charge on any atom is -0.317 e. The molecular formula is C16H31ClN2. The molecule has 3 fully saturated rings. The normalized spacial score (nSPS) is 28.4. The molecule has 0 amide bonds. The lowest BCUT2D eigenvalue weighted by atomic mass is 9.78. The Morgan fingerprint density at radius 2 is 1.74 bits per heavy atom. The van der Waals surface area contributed by atoms with Crippen LogP contribution in [0.3, 0.4) is 0 Å². The highest BCUT2D eigenvalue weighted by Crippen LogP contribution is 2.39. The van der Waals surface area contributed by atoms with Crippen molar-refractivity contribution in [2.75, 3.05) is 32.7 Å². The second-order valence-electron chi connectivity index (χ2n) is 7.07. The van der Waals surface area contributed by atoms with Crippen LogP contribution in [0.25, 0.3) is 0 Å². The summed E-state index contributed by atoms with van der Waals surface area (Å²) >= 11 is 0. The van der Waals surface area contributed by atoms with Gasteiger partial charge in [0.2, 0.25) is 0 Å². The van der Waals surface area contributed by atoms with Crippen LogP contribution in [-0.2, 0) is 0 Å². The van der Waals surface area contributed by atoms with Gasteiger partial charge in [-0.05, 0) is 63.2 Å². The van der Waals surface area contributed by atoms with Gasteiger partial charge in [-0.2, -0.15) is 0 Å². The van der Waals surface area contributed by atoms with Gasteiger partial charge in [-0.1, -0.05) is 32.1 Å². The van der Waals surface area contributed by atoms with Crippen molar-refractivity contribution >= 4 is 12.4 Å². The van der Waals surface area contributed by atoms with Crippen LogP contribution in [0.15, 0.2) is 0 Å². The maximum atomic E-state index is 3.52. The molecule has 0 atom stereocenters. The van der Waals surface area contributed by atoms with Gasteiger partial charge in [0.05, 0.1) is 0 Å². The van der Waals surface area contributed by atoms with Crippen LogP contribution in [0.4, 0.5) is 0 Å². The molecule has 0 aromatic rings. The topological polar surface area (TPSA) is 15.3 Å². The second kappa shape index (κ2) is 7.28. The average Bonchev–Trinajstić information content (AvgIpc) is 2.82. The van der Waals surface area contributed by atoms with E-state index in [0.29, 0.717) is 5.41 Å². The molecule has 0 radical (unpaired) electrons. The minimum absolute atomic E-state index is 0. The number of nitrogens with one attached hydrogen (secondary N) is 1. The summed E-state index contributed by atoms with van der Waals surface area (Å²) in [5.41, 5.74) is 0.706. The fourth-order valence-corrected chi connectivity index (χ4v) is 4.42. The predicted octanol–water partition coefficient (Wildman–Crippen LogP) is 3.45. The molecule has 3 heteroatoms. The van der Waals surface area contributed by atoms with Crippen LogP contribution < -0.4 is 5.32 Å². The summed E-state index contributed by atoms with van der Waals surface area (Å²) in [5.74, 6) is 1.06. The van der Waals surface area contributed by atoms with E-state index in [-0.39, 0.29) is 12.4 Å². The highest BCUT2D eigenvalue weighted by molar-refractivity contribution is 5.85. The Labute approximate surface area is 125 Å². The molecular weight excluding hydrogens is 256 g/mol. The molecule has 1 aliphatic carbocycles. The summed E-state index contributed by atoms with van der Waals surface area (Å²) < 4.78 is 0. The third-order valence-corrected chi connectivity index (χ3v) is 5.76. The Bertz CT molecular complexity index is 257. The van der Waals surface area contributed by atoms with Crippen LogP contribution >= 0.6 is 12.4 Å². The van der Waals surface area contributed by atoms with Gasteiger partial charge in [-0.25, -0.2) is 0 Å². The number of rotatable bonds is 3. The van der Waals surface area contributed by atoms with Crippen molar-refractivity contribution in [1.82, 2.24) is 10.2 Å². The van der Waals surface area contributed by atoms with Gasteiger partial charge in [0, 0.05) is 6.54 Å². The van der Waals surface area contributed by atoms with Gasteiger partial charge in [-0.15, -0.1) is 12.4 Å². The number of hydrogen-bond acceptors (Lipinski definition) is 2. The van der Waals surface area contributed by atoms with Gasteiger partial charge in [0.25, 0.3) is 0 Å². The van der Waals surface area contributed by atoms with E-state index in [1.165, 1.54) is 90.5 Å². The van der Waals surface area contributed by atoms with Crippen LogP contribution in [0, 0.1) is 11.3 Å². The molecule has 2 heterocycles. The first-order chi connectivity index (χ1) is 8.86. The van der Waals surface area contributed by atoms with E-state index in [1.54, 1.807) is 0 Å². The van der Waals surface area contributed by atoms with Crippen molar-refractivity contribution in [1.29, 1.82) is 0 Å². The van der Waals surface area contributed by atoms with E-state index in [2.05, 4.69) is 10.2 Å². The van der Waals surface area contributed by atoms with Crippen LogP contribution in [0.2, 0.25) is 0 Å². The lowest BCUT2D eigenvalue weighted by Gasteiger charge is -2.34. The zero-order valence-corrected chi connectivity index (χ0v) is 13.1. The first-order valence-electron chi connectivity index (χ1n) is 8.29. The molecule has 3 rings (SSSR count). The fourth-order valence-electron chi connectivity index (χ4n) is 4.42. The van der Waals surface area contributed by atoms with Crippen molar-refractivity contribution in [2.45, 2.75) is 57.8 Å². The van der Waals surface area contributed by atoms with Crippen LogP contribution in [0.5, 0.6) is 0 Å². The largest absolute Gasteiger partial charge is 0.317 e. The lowest BCUT2D eigenvalue weighted by molar-refractivity contribution is 0.188. The molecule has 0 aromatic carbocycles. The number of nitrogens with zero attached hydrogens (tertiary/aromatic N) is 1. The van der Waals surface area contributed by atoms with Crippen molar-refractivity contribution < 1.29 is 0 Å². The lowest BCUT2D eigenvalue weighted by Crippen LogP contribution is -2.38. The quantitative estimate of drug-likeness (QED) is 0.855. The monoisotopic (exact) mass is 286 g/mol. The highest BCUT2D eigenvalue weighted by Gasteiger charge is 2.38. The Kier molecular flexibility index (Phi) is 5.98. The smallest absolute Gasteiger partial charge is 0.00394 e. The van der Waals surface area contributed by atoms with E-state index >= 15 is 0 Å². The van der Waals surface area contributed by atoms with Crippen molar-refractivity contribution in [3.05, 3.63) is 0 Å². The van der Waals surface area contributed by atoms with Gasteiger partial charge in [0.15, 0.2) is 0 Å². The SMILES string of the molecule is C1CCC(CCN2CCC3(CCNCC3)C2)CC1.Cl. The Morgan fingerprint density at radius 1 is 1.00 bits per heavy atom. The van der Waals surface area contributed by atoms with Gasteiger partial charge in [-0.3, -0.25) is 0 Å². The van der Waals surface area contributed by atoms with Crippen molar-refractivity contribution in [2.24, 2.45) is 11.3 Å². The number of halogens is 1. The maximum absolute atomic E-state index is 3.52. The first-order valence-corrected chi connectivity index (χ1v) is 8.29. The molecule has 0 unspecified atom stereocenters. The first kappa shape index (κ1) is 15.6. The van der Waals surface area contributed by atoms with E-state index < -0.39 is 0 Å². The summed E-state index contributed by atoms with van der Waals surface area (Å²) in [6, 6.07) is 0. The van der Waals surface area contributed by atoms with Crippen molar-refractivity contribution in [3.8, 4) is 0 Å². The number of likely N-dealkylation sites (tertiary alicyclic amines) is 1. The standard InChI is InChI=1S/C16H30N2.ClH/c1-2-4-15(5-3-1)6-12-18-13-9-16(14-18)7-10-17-11-8-16;/h15,17H,1-14H2;1H. The molecule has 3 aliphatic rings. The summed E-state index contributed by atoms with van der Waals surface area (Å²) in [6.45, 7) is 6.70. The fraction of sp³-hybridized carbons (Fsp3) is 1.00. The molecule has 1 saturated carbocycles. The molecule has 1 spiro atoms. The van der Waals surface area contributed by atoms with Crippen LogP contribution in [-0.4, -0.2) is 37.6 Å². The van der Waals surface area contributed by atoms with Crippen molar-refractivity contribution in [3.63, 3.8) is 0 Å². The van der Waals surface area contributed by atoms with Gasteiger partial charge in [0.1, 0.15) is 0 Å². The molecule has 19 heavy (non-hydrogen) atoms. The Balaban J connectivity index is 0.00000133. The van der Waals surface area contributed by atoms with E-state index in [4.69, 9.17) is 0 Å². The molecule has 112 valence electrons. The average molecular weight is 287 g/mol. The van der Waals surface area contributed by atoms with Gasteiger partial charge >= 0.3 is 0 Å². The second-order valence-corrected chi connectivity index (χ2v) is 7.07. The third-order valence-electron chi connectivity index (χ3n) is 5.76. The molecule has 2 saturated heterocycles. The highest BCUT2D eigenvalue weighted by atomic mass is 35.5. The molecule has 2 nitrogen and oxygen atoms in total. The van der Waals surface area contributed by atoms with E-state index in [0.717, 1.165) is 5.92 Å². The third kappa shape index (κ3) is 4.09. The van der Waals surface area contributed by atoms with Crippen LogP contribution in [0.1, 0.15) is 57.8 Å². The van der Waals surface area contributed by atoms with Gasteiger partial charge < -0.3 is 10.2 Å². The summed E-state index contributed by atoms with van der Waals surface area (Å²) in [4.78, 5) is 2.78. The summed E-state index contributed by atoms with van der Waals surface area (Å²) in [6.07, 6.45) is 13.3. The molecule has 0 bridgehead atoms. The number of hydrogen-bond donors (Lipinski definition) is 1. The Morgan fingerprint density at radius 3 is 2.47 bits per heavy atom. The Hall–Kier alpha value is 0.210. The predicted molar refractivity (Wildman–Crippen MR) is 84.0 cm³/mol. The summed E-state index contributed by atoms with van der Waals surface area (Å²) in [5, 5.41) is 3.52. The maximum Gasteiger partial charge on any atom is 0.00394 e. The van der Waals surface area contributed by atoms with E-state index in [1.807, 2.05) is 0 Å². The van der Waals surface area contributed by atoms with E-state index in [9.17, 15) is 0 Å². The molecule has 0 aromatic heterocycles. The minimum atomic E-state index is 0. The zero-order chi connectivity index (χ0) is 12.3. The summed E-state index contributed by atoms with van der Waals surface area (Å²) in [7, 11) is 0. The zero-order valence-electron chi connectivity index (χ0n) is 12.3. The number of piperidine rings is 1. The molecule has 1 N–H and O–H groups in total. The molecule has 2 aliphatic heterocycles.